The quantitative estimate of drug-likeness (QED) is 0.722. The summed E-state index contributed by atoms with van der Waals surface area (Å²) < 4.78 is 33.1. The van der Waals surface area contributed by atoms with Gasteiger partial charge in [-0.3, -0.25) is 9.79 Å². The number of aliphatic hydroxyl groups excluding tert-OH is 1. The van der Waals surface area contributed by atoms with E-state index in [0.717, 1.165) is 18.2 Å². The maximum Gasteiger partial charge on any atom is 0.273 e. The van der Waals surface area contributed by atoms with Crippen molar-refractivity contribution in [2.45, 2.75) is 38.6 Å². The zero-order valence-electron chi connectivity index (χ0n) is 17.0. The Hall–Kier alpha value is -2.98. The van der Waals surface area contributed by atoms with Crippen LogP contribution in [0.5, 0.6) is 0 Å². The fourth-order valence-electron chi connectivity index (χ4n) is 3.69. The Labute approximate surface area is 178 Å². The maximum atomic E-state index is 14.1. The lowest BCUT2D eigenvalue weighted by Gasteiger charge is -2.29. The van der Waals surface area contributed by atoms with Crippen LogP contribution in [0.2, 0.25) is 0 Å². The summed E-state index contributed by atoms with van der Waals surface area (Å²) in [5.74, 6) is -1.20. The number of benzene rings is 1. The van der Waals surface area contributed by atoms with Gasteiger partial charge in [0.15, 0.2) is 0 Å². The fraction of sp³-hybridized carbons (Fsp3) is 0.429. The Morgan fingerprint density at radius 1 is 1.35 bits per heavy atom. The molecule has 164 valence electrons. The summed E-state index contributed by atoms with van der Waals surface area (Å²) in [4.78, 5) is 27.5. The van der Waals surface area contributed by atoms with E-state index in [4.69, 9.17) is 4.74 Å². The van der Waals surface area contributed by atoms with Crippen molar-refractivity contribution in [3.63, 3.8) is 0 Å². The van der Waals surface area contributed by atoms with Gasteiger partial charge in [-0.1, -0.05) is 0 Å². The van der Waals surface area contributed by atoms with E-state index in [1.165, 1.54) is 11.2 Å². The van der Waals surface area contributed by atoms with E-state index in [1.54, 1.807) is 6.92 Å². The third-order valence-corrected chi connectivity index (χ3v) is 5.43. The van der Waals surface area contributed by atoms with E-state index < -0.39 is 23.6 Å². The highest BCUT2D eigenvalue weighted by atomic mass is 19.1. The zero-order chi connectivity index (χ0) is 22.0. The summed E-state index contributed by atoms with van der Waals surface area (Å²) in [6.07, 6.45) is 1.26. The number of nitrogens with zero attached hydrogens (tertiary/aromatic N) is 4. The molecule has 1 saturated heterocycles. The van der Waals surface area contributed by atoms with E-state index in [2.05, 4.69) is 20.3 Å². The molecular formula is C21H23F2N5O3. The van der Waals surface area contributed by atoms with Crippen LogP contribution in [-0.2, 0) is 22.6 Å². The molecule has 0 aliphatic carbocycles. The smallest absolute Gasteiger partial charge is 0.273 e. The van der Waals surface area contributed by atoms with Gasteiger partial charge >= 0.3 is 0 Å². The largest absolute Gasteiger partial charge is 0.391 e. The summed E-state index contributed by atoms with van der Waals surface area (Å²) in [5.41, 5.74) is 1.28. The van der Waals surface area contributed by atoms with Crippen LogP contribution >= 0.6 is 0 Å². The van der Waals surface area contributed by atoms with Gasteiger partial charge in [0, 0.05) is 25.3 Å². The highest BCUT2D eigenvalue weighted by molar-refractivity contribution is 6.47. The minimum atomic E-state index is -0.611. The average Bonchev–Trinajstić information content (AvgIpc) is 3.20. The molecule has 1 aromatic carbocycles. The summed E-state index contributed by atoms with van der Waals surface area (Å²) >= 11 is 0. The van der Waals surface area contributed by atoms with Gasteiger partial charge in [-0.2, -0.15) is 0 Å². The van der Waals surface area contributed by atoms with E-state index in [0.29, 0.717) is 36.7 Å². The van der Waals surface area contributed by atoms with Gasteiger partial charge in [-0.15, -0.1) is 0 Å². The second-order valence-corrected chi connectivity index (χ2v) is 7.45. The Bertz CT molecular complexity index is 1020. The minimum absolute atomic E-state index is 0.0826. The van der Waals surface area contributed by atoms with Crippen LogP contribution < -0.4 is 5.32 Å². The summed E-state index contributed by atoms with van der Waals surface area (Å²) in [5, 5.41) is 13.4. The molecule has 0 unspecified atom stereocenters. The fourth-order valence-corrected chi connectivity index (χ4v) is 3.69. The number of nitrogens with one attached hydrogen (secondary N) is 1. The zero-order valence-corrected chi connectivity index (χ0v) is 17.0. The molecule has 10 heteroatoms. The molecule has 0 saturated carbocycles. The van der Waals surface area contributed by atoms with Gasteiger partial charge in [0.1, 0.15) is 29.5 Å². The molecule has 2 N–H and O–H groups in total. The van der Waals surface area contributed by atoms with Gasteiger partial charge < -0.3 is 20.1 Å². The second kappa shape index (κ2) is 9.03. The first kappa shape index (κ1) is 21.3. The number of carbonyl (C=O) groups excluding carboxylic acids is 1. The summed E-state index contributed by atoms with van der Waals surface area (Å²) in [7, 11) is 0. The molecule has 2 aliphatic heterocycles. The van der Waals surface area contributed by atoms with Crippen LogP contribution in [-0.4, -0.2) is 63.5 Å². The molecule has 31 heavy (non-hydrogen) atoms. The number of amides is 1. The SMILES string of the molecule is CCN(Cc1cc(F)ccc1F)C(=O)C1=NCc2ncnc(N[C@@H]3COCC[C@H]3O)c21. The predicted octanol–water partition coefficient (Wildman–Crippen LogP) is 1.67. The first-order chi connectivity index (χ1) is 15.0. The Balaban J connectivity index is 1.59. The molecule has 2 atom stereocenters. The topological polar surface area (TPSA) is 99.9 Å². The van der Waals surface area contributed by atoms with Crippen molar-refractivity contribution in [2.75, 3.05) is 25.1 Å². The molecule has 3 heterocycles. The van der Waals surface area contributed by atoms with Gasteiger partial charge in [0.05, 0.1) is 36.6 Å². The number of aliphatic hydroxyl groups is 1. The molecule has 0 spiro atoms. The van der Waals surface area contributed by atoms with Gasteiger partial charge in [-0.25, -0.2) is 18.7 Å². The third kappa shape index (κ3) is 4.40. The van der Waals surface area contributed by atoms with Crippen molar-refractivity contribution in [3.05, 3.63) is 53.0 Å². The second-order valence-electron chi connectivity index (χ2n) is 7.45. The van der Waals surface area contributed by atoms with Crippen molar-refractivity contribution in [1.82, 2.24) is 14.9 Å². The summed E-state index contributed by atoms with van der Waals surface area (Å²) in [6, 6.07) is 2.77. The van der Waals surface area contributed by atoms with Crippen molar-refractivity contribution >= 4 is 17.4 Å². The number of carbonyl (C=O) groups is 1. The molecule has 4 rings (SSSR count). The van der Waals surface area contributed by atoms with Crippen molar-refractivity contribution in [3.8, 4) is 0 Å². The lowest BCUT2D eigenvalue weighted by Crippen LogP contribution is -2.43. The molecule has 1 amide bonds. The van der Waals surface area contributed by atoms with Gasteiger partial charge in [0.2, 0.25) is 0 Å². The number of ether oxygens (including phenoxy) is 1. The molecule has 2 aliphatic rings. The molecule has 0 bridgehead atoms. The van der Waals surface area contributed by atoms with Gasteiger partial charge in [0.25, 0.3) is 5.91 Å². The van der Waals surface area contributed by atoms with Crippen LogP contribution in [0.4, 0.5) is 14.6 Å². The van der Waals surface area contributed by atoms with E-state index in [9.17, 15) is 18.7 Å². The van der Waals surface area contributed by atoms with Crippen molar-refractivity contribution in [2.24, 2.45) is 4.99 Å². The number of likely N-dealkylation sites (N-methyl/N-ethyl adjacent to an activating group) is 1. The first-order valence-electron chi connectivity index (χ1n) is 10.1. The highest BCUT2D eigenvalue weighted by Gasteiger charge is 2.32. The van der Waals surface area contributed by atoms with Crippen LogP contribution in [0, 0.1) is 11.6 Å². The molecule has 8 nitrogen and oxygen atoms in total. The van der Waals surface area contributed by atoms with Gasteiger partial charge in [-0.05, 0) is 31.5 Å². The lowest BCUT2D eigenvalue weighted by molar-refractivity contribution is -0.124. The van der Waals surface area contributed by atoms with Crippen molar-refractivity contribution in [1.29, 1.82) is 0 Å². The Morgan fingerprint density at radius 3 is 2.97 bits per heavy atom. The molecule has 0 radical (unpaired) electrons. The molecule has 1 aromatic heterocycles. The number of aromatic nitrogens is 2. The van der Waals surface area contributed by atoms with E-state index in [-0.39, 0.29) is 37.0 Å². The van der Waals surface area contributed by atoms with E-state index in [1.807, 2.05) is 0 Å². The van der Waals surface area contributed by atoms with Crippen LogP contribution in [0.1, 0.15) is 30.2 Å². The molecular weight excluding hydrogens is 408 g/mol. The van der Waals surface area contributed by atoms with Crippen LogP contribution in [0.3, 0.4) is 0 Å². The van der Waals surface area contributed by atoms with E-state index >= 15 is 0 Å². The third-order valence-electron chi connectivity index (χ3n) is 5.43. The number of aliphatic imine (C=N–C) groups is 1. The average molecular weight is 431 g/mol. The lowest BCUT2D eigenvalue weighted by atomic mass is 10.0. The number of fused-ring (bicyclic) bond motifs is 1. The number of halogens is 2. The monoisotopic (exact) mass is 431 g/mol. The molecule has 1 fully saturated rings. The Morgan fingerprint density at radius 2 is 2.19 bits per heavy atom. The number of hydrogen-bond donors (Lipinski definition) is 2. The molecule has 2 aromatic rings. The van der Waals surface area contributed by atoms with Crippen LogP contribution in [0.15, 0.2) is 29.5 Å². The number of rotatable bonds is 6. The highest BCUT2D eigenvalue weighted by Crippen LogP contribution is 2.26. The first-order valence-corrected chi connectivity index (χ1v) is 10.1. The Kier molecular flexibility index (Phi) is 6.19. The van der Waals surface area contributed by atoms with Crippen molar-refractivity contribution < 1.29 is 23.4 Å². The minimum Gasteiger partial charge on any atom is -0.391 e. The number of hydrogen-bond acceptors (Lipinski definition) is 7. The summed E-state index contributed by atoms with van der Waals surface area (Å²) in [6.45, 7) is 2.92. The maximum absolute atomic E-state index is 14.1. The normalized spacial score (nSPS) is 20.2. The predicted molar refractivity (Wildman–Crippen MR) is 109 cm³/mol. The number of anilines is 1. The van der Waals surface area contributed by atoms with Crippen LogP contribution in [0.25, 0.3) is 0 Å². The standard InChI is InChI=1S/C21H23F2N5O3/c1-2-28(9-12-7-13(22)3-4-14(12)23)21(30)19-18-15(8-24-19)25-11-26-20(18)27-16-10-31-6-5-17(16)29/h3-4,7,11,16-17,29H,2,5-6,8-10H2,1H3,(H,25,26,27)/t16-,17-/m1/s1.